The van der Waals surface area contributed by atoms with Gasteiger partial charge in [0.2, 0.25) is 23.6 Å². The molecule has 4 amide bonds. The van der Waals surface area contributed by atoms with Gasteiger partial charge in [-0.15, -0.1) is 0 Å². The van der Waals surface area contributed by atoms with Crippen molar-refractivity contribution in [2.24, 2.45) is 23.3 Å². The summed E-state index contributed by atoms with van der Waals surface area (Å²) in [5, 5.41) is 16.9. The molecule has 200 valence electrons. The molecule has 0 fully saturated rings. The lowest BCUT2D eigenvalue weighted by Gasteiger charge is -2.26. The van der Waals surface area contributed by atoms with E-state index in [0.717, 1.165) is 5.56 Å². The molecule has 0 radical (unpaired) electrons. The van der Waals surface area contributed by atoms with Crippen LogP contribution in [0, 0.1) is 11.8 Å². The highest BCUT2D eigenvalue weighted by atomic mass is 16.4. The lowest BCUT2D eigenvalue weighted by Crippen LogP contribution is -2.58. The maximum absolute atomic E-state index is 13.0. The predicted molar refractivity (Wildman–Crippen MR) is 134 cm³/mol. The molecule has 0 saturated heterocycles. The van der Waals surface area contributed by atoms with Gasteiger partial charge in [0.25, 0.3) is 0 Å². The normalized spacial score (nSPS) is 14.4. The van der Waals surface area contributed by atoms with Gasteiger partial charge in [0.15, 0.2) is 0 Å². The van der Waals surface area contributed by atoms with Gasteiger partial charge >= 0.3 is 5.97 Å². The van der Waals surface area contributed by atoms with E-state index in [1.165, 1.54) is 0 Å². The fraction of sp³-hybridized carbons (Fsp3) is 0.560. The molecule has 0 bridgehead atoms. The second-order valence-corrected chi connectivity index (χ2v) is 9.75. The van der Waals surface area contributed by atoms with Crippen LogP contribution in [0.2, 0.25) is 0 Å². The first-order valence-electron chi connectivity index (χ1n) is 12.0. The van der Waals surface area contributed by atoms with Gasteiger partial charge in [0.1, 0.15) is 18.1 Å². The van der Waals surface area contributed by atoms with Crippen LogP contribution in [-0.2, 0) is 30.4 Å². The fourth-order valence-electron chi connectivity index (χ4n) is 3.59. The largest absolute Gasteiger partial charge is 0.480 e. The van der Waals surface area contributed by atoms with E-state index in [1.54, 1.807) is 24.3 Å². The topological polar surface area (TPSA) is 194 Å². The molecule has 36 heavy (non-hydrogen) atoms. The first-order chi connectivity index (χ1) is 16.8. The molecule has 4 atom stereocenters. The molecule has 0 spiro atoms. The van der Waals surface area contributed by atoms with E-state index >= 15 is 0 Å². The summed E-state index contributed by atoms with van der Waals surface area (Å²) < 4.78 is 0. The molecule has 1 aromatic rings. The number of carbonyl (C=O) groups excluding carboxylic acids is 4. The van der Waals surface area contributed by atoms with E-state index in [2.05, 4.69) is 16.0 Å². The van der Waals surface area contributed by atoms with Crippen molar-refractivity contribution in [1.82, 2.24) is 16.0 Å². The maximum atomic E-state index is 13.0. The Bertz CT molecular complexity index is 905. The van der Waals surface area contributed by atoms with Crippen LogP contribution in [0.5, 0.6) is 0 Å². The standard InChI is InChI=1S/C25H39N5O6/c1-14(2)10-18(23(33)30-20(25(35)36)11-15(3)4)29-24(34)19(13-21(27)31)28-22(32)17(26)12-16-8-6-5-7-9-16/h5-9,14-15,17-20H,10-13,26H2,1-4H3,(H2,27,31)(H,28,32)(H,29,34)(H,30,33)(H,35,36). The highest BCUT2D eigenvalue weighted by molar-refractivity contribution is 5.96. The van der Waals surface area contributed by atoms with Crippen LogP contribution in [0.4, 0.5) is 0 Å². The molecule has 0 saturated carbocycles. The second-order valence-electron chi connectivity index (χ2n) is 9.75. The van der Waals surface area contributed by atoms with E-state index in [4.69, 9.17) is 11.5 Å². The minimum Gasteiger partial charge on any atom is -0.480 e. The number of hydrogen-bond acceptors (Lipinski definition) is 6. The van der Waals surface area contributed by atoms with Gasteiger partial charge < -0.3 is 32.5 Å². The Balaban J connectivity index is 2.97. The quantitative estimate of drug-likeness (QED) is 0.194. The molecule has 11 heteroatoms. The third-order valence-electron chi connectivity index (χ3n) is 5.34. The van der Waals surface area contributed by atoms with E-state index < -0.39 is 60.2 Å². The lowest BCUT2D eigenvalue weighted by molar-refractivity contribution is -0.143. The minimum atomic E-state index is -1.36. The second kappa shape index (κ2) is 14.8. The molecule has 0 aliphatic rings. The Morgan fingerprint density at radius 2 is 1.25 bits per heavy atom. The Hall–Kier alpha value is -3.47. The average molecular weight is 506 g/mol. The van der Waals surface area contributed by atoms with Crippen LogP contribution in [0.15, 0.2) is 30.3 Å². The monoisotopic (exact) mass is 505 g/mol. The van der Waals surface area contributed by atoms with E-state index in [9.17, 15) is 29.1 Å². The summed E-state index contributed by atoms with van der Waals surface area (Å²) in [4.78, 5) is 61.7. The molecule has 1 aromatic carbocycles. The number of carboxylic acid groups (broad SMARTS) is 1. The molecule has 8 N–H and O–H groups in total. The molecule has 0 aliphatic carbocycles. The molecule has 0 aromatic heterocycles. The zero-order valence-electron chi connectivity index (χ0n) is 21.3. The fourth-order valence-corrected chi connectivity index (χ4v) is 3.59. The van der Waals surface area contributed by atoms with Crippen molar-refractivity contribution in [2.45, 2.75) is 77.5 Å². The van der Waals surface area contributed by atoms with Crippen molar-refractivity contribution in [3.63, 3.8) is 0 Å². The van der Waals surface area contributed by atoms with Gasteiger partial charge in [-0.2, -0.15) is 0 Å². The number of nitrogens with one attached hydrogen (secondary N) is 3. The Labute approximate surface area is 211 Å². The van der Waals surface area contributed by atoms with Crippen LogP contribution in [0.25, 0.3) is 0 Å². The van der Waals surface area contributed by atoms with E-state index in [1.807, 2.05) is 33.8 Å². The first-order valence-corrected chi connectivity index (χ1v) is 12.0. The molecule has 0 aliphatic heterocycles. The summed E-state index contributed by atoms with van der Waals surface area (Å²) in [6.07, 6.45) is 0.124. The highest BCUT2D eigenvalue weighted by Gasteiger charge is 2.31. The molecule has 11 nitrogen and oxygen atoms in total. The van der Waals surface area contributed by atoms with Gasteiger partial charge in [0, 0.05) is 0 Å². The summed E-state index contributed by atoms with van der Waals surface area (Å²) in [5.74, 6) is -4.16. The minimum absolute atomic E-state index is 0.0137. The summed E-state index contributed by atoms with van der Waals surface area (Å²) in [5.41, 5.74) is 12.1. The Kier molecular flexibility index (Phi) is 12.6. The summed E-state index contributed by atoms with van der Waals surface area (Å²) >= 11 is 0. The van der Waals surface area contributed by atoms with E-state index in [-0.39, 0.29) is 31.1 Å². The van der Waals surface area contributed by atoms with Gasteiger partial charge in [0.05, 0.1) is 12.5 Å². The SMILES string of the molecule is CC(C)CC(NC(=O)C(CC(C)C)NC(=O)C(CC(N)=O)NC(=O)C(N)Cc1ccccc1)C(=O)O. The number of hydrogen-bond donors (Lipinski definition) is 6. The molecular weight excluding hydrogens is 466 g/mol. The van der Waals surface area contributed by atoms with E-state index in [0.29, 0.717) is 0 Å². The van der Waals surface area contributed by atoms with Crippen molar-refractivity contribution < 1.29 is 29.1 Å². The number of benzene rings is 1. The maximum Gasteiger partial charge on any atom is 0.326 e. The van der Waals surface area contributed by atoms with Crippen LogP contribution < -0.4 is 27.4 Å². The molecule has 1 rings (SSSR count). The number of aliphatic carboxylic acids is 1. The smallest absolute Gasteiger partial charge is 0.326 e. The number of primary amides is 1. The van der Waals surface area contributed by atoms with Crippen molar-refractivity contribution in [2.75, 3.05) is 0 Å². The van der Waals surface area contributed by atoms with Crippen molar-refractivity contribution >= 4 is 29.6 Å². The zero-order chi connectivity index (χ0) is 27.4. The number of nitrogens with two attached hydrogens (primary N) is 2. The average Bonchev–Trinajstić information content (AvgIpc) is 2.77. The molecule has 0 heterocycles. The van der Waals surface area contributed by atoms with Crippen LogP contribution in [0.3, 0.4) is 0 Å². The third-order valence-corrected chi connectivity index (χ3v) is 5.34. The molecular formula is C25H39N5O6. The number of rotatable bonds is 15. The Morgan fingerprint density at radius 1 is 0.778 bits per heavy atom. The lowest BCUT2D eigenvalue weighted by atomic mass is 10.00. The predicted octanol–water partition coefficient (Wildman–Crippen LogP) is 0.0630. The molecule has 4 unspecified atom stereocenters. The van der Waals surface area contributed by atoms with Crippen LogP contribution in [0.1, 0.15) is 52.5 Å². The number of carboxylic acids is 1. The third kappa shape index (κ3) is 11.3. The van der Waals surface area contributed by atoms with Crippen LogP contribution in [-0.4, -0.2) is 58.9 Å². The summed E-state index contributed by atoms with van der Waals surface area (Å²) in [6, 6.07) is 4.49. The van der Waals surface area contributed by atoms with Crippen molar-refractivity contribution in [1.29, 1.82) is 0 Å². The van der Waals surface area contributed by atoms with Crippen molar-refractivity contribution in [3.05, 3.63) is 35.9 Å². The summed E-state index contributed by atoms with van der Waals surface area (Å²) in [7, 11) is 0. The van der Waals surface area contributed by atoms with Gasteiger partial charge in [-0.1, -0.05) is 58.0 Å². The zero-order valence-corrected chi connectivity index (χ0v) is 21.3. The first kappa shape index (κ1) is 30.6. The number of carbonyl (C=O) groups is 5. The van der Waals surface area contributed by atoms with Crippen LogP contribution >= 0.6 is 0 Å². The highest BCUT2D eigenvalue weighted by Crippen LogP contribution is 2.10. The number of amides is 4. The van der Waals surface area contributed by atoms with Gasteiger partial charge in [-0.3, -0.25) is 19.2 Å². The summed E-state index contributed by atoms with van der Waals surface area (Å²) in [6.45, 7) is 7.32. The Morgan fingerprint density at radius 3 is 1.75 bits per heavy atom. The van der Waals surface area contributed by atoms with Crippen molar-refractivity contribution in [3.8, 4) is 0 Å². The van der Waals surface area contributed by atoms with Gasteiger partial charge in [-0.25, -0.2) is 4.79 Å². The van der Waals surface area contributed by atoms with Gasteiger partial charge in [-0.05, 0) is 36.7 Å².